The predicted octanol–water partition coefficient (Wildman–Crippen LogP) is 3.86. The Bertz CT molecular complexity index is 1050. The molecule has 1 fully saturated rings. The van der Waals surface area contributed by atoms with Gasteiger partial charge < -0.3 is 14.6 Å². The van der Waals surface area contributed by atoms with Crippen LogP contribution in [0.15, 0.2) is 60.4 Å². The summed E-state index contributed by atoms with van der Waals surface area (Å²) in [5.41, 5.74) is 5.17. The van der Waals surface area contributed by atoms with Gasteiger partial charge in [-0.3, -0.25) is 4.79 Å². The molecule has 0 spiro atoms. The average molecular weight is 359 g/mol. The van der Waals surface area contributed by atoms with Gasteiger partial charge >= 0.3 is 0 Å². The molecule has 27 heavy (non-hydrogen) atoms. The van der Waals surface area contributed by atoms with Crippen LogP contribution in [0.3, 0.4) is 0 Å². The maximum atomic E-state index is 11.5. The smallest absolute Gasteiger partial charge is 0.244 e. The van der Waals surface area contributed by atoms with Crippen molar-refractivity contribution >= 4 is 16.9 Å². The molecule has 1 amide bonds. The molecule has 5 heteroatoms. The lowest BCUT2D eigenvalue weighted by molar-refractivity contribution is -0.115. The van der Waals surface area contributed by atoms with Crippen LogP contribution in [0.25, 0.3) is 22.2 Å². The molecule has 1 aromatic heterocycles. The molecule has 0 saturated heterocycles. The van der Waals surface area contributed by atoms with Gasteiger partial charge in [0.05, 0.1) is 11.8 Å². The van der Waals surface area contributed by atoms with E-state index in [1.165, 1.54) is 12.8 Å². The summed E-state index contributed by atoms with van der Waals surface area (Å²) in [6.07, 6.45) is 5.76. The highest BCUT2D eigenvalue weighted by molar-refractivity contribution is 5.91. The lowest BCUT2D eigenvalue weighted by Gasteiger charge is -2.18. The zero-order valence-corrected chi connectivity index (χ0v) is 15.2. The van der Waals surface area contributed by atoms with Crippen LogP contribution in [0, 0.1) is 0 Å². The molecular weight excluding hydrogens is 338 g/mol. The molecule has 1 aliphatic carbocycles. The van der Waals surface area contributed by atoms with Gasteiger partial charge in [0.1, 0.15) is 17.4 Å². The normalized spacial score (nSPS) is 17.7. The first kappa shape index (κ1) is 16.1. The molecule has 0 bridgehead atoms. The molecule has 0 unspecified atom stereocenters. The standard InChI is InChI=1S/C22H21N3O2/c1-14(17-11-21(26)23-12-17)27-20-10-16(15-5-3-2-4-6-15)9-19-22(20)25(13-24-19)18-7-8-18/h2-6,9-11,13-14,18H,7-8,12H2,1H3,(H,23,26)/t14-/m1/s1. The highest BCUT2D eigenvalue weighted by Gasteiger charge is 2.27. The fraction of sp³-hybridized carbons (Fsp3) is 0.273. The van der Waals surface area contributed by atoms with E-state index in [1.54, 1.807) is 6.08 Å². The maximum absolute atomic E-state index is 11.5. The molecule has 136 valence electrons. The Hall–Kier alpha value is -3.08. The minimum atomic E-state index is -0.180. The molecule has 2 aromatic carbocycles. The van der Waals surface area contributed by atoms with Gasteiger partial charge in [-0.05, 0) is 48.6 Å². The van der Waals surface area contributed by atoms with Gasteiger partial charge in [0.2, 0.25) is 5.91 Å². The number of nitrogens with zero attached hydrogens (tertiary/aromatic N) is 2. The van der Waals surface area contributed by atoms with E-state index >= 15 is 0 Å². The van der Waals surface area contributed by atoms with Crippen LogP contribution >= 0.6 is 0 Å². The SMILES string of the molecule is C[C@@H](Oc1cc(-c2ccccc2)cc2ncn(C3CC3)c12)C1=CC(=O)NC1. The first-order valence-corrected chi connectivity index (χ1v) is 9.40. The van der Waals surface area contributed by atoms with Crippen molar-refractivity contribution in [3.8, 4) is 16.9 Å². The number of benzene rings is 2. The molecular formula is C22H21N3O2. The van der Waals surface area contributed by atoms with Gasteiger partial charge in [-0.2, -0.15) is 0 Å². The molecule has 1 N–H and O–H groups in total. The fourth-order valence-electron chi connectivity index (χ4n) is 3.64. The van der Waals surface area contributed by atoms with Crippen molar-refractivity contribution in [3.05, 3.63) is 60.4 Å². The molecule has 3 aromatic rings. The number of amides is 1. The third kappa shape index (κ3) is 2.99. The quantitative estimate of drug-likeness (QED) is 0.752. The first-order chi connectivity index (χ1) is 13.2. The van der Waals surface area contributed by atoms with E-state index in [0.717, 1.165) is 33.5 Å². The predicted molar refractivity (Wildman–Crippen MR) is 105 cm³/mol. The Kier molecular flexibility index (Phi) is 3.74. The van der Waals surface area contributed by atoms with Crippen LogP contribution < -0.4 is 10.1 Å². The minimum absolute atomic E-state index is 0.0494. The van der Waals surface area contributed by atoms with Crippen LogP contribution in [-0.2, 0) is 4.79 Å². The van der Waals surface area contributed by atoms with Gasteiger partial charge in [0, 0.05) is 18.7 Å². The van der Waals surface area contributed by atoms with Crippen molar-refractivity contribution in [2.75, 3.05) is 6.54 Å². The zero-order valence-electron chi connectivity index (χ0n) is 15.2. The summed E-state index contributed by atoms with van der Waals surface area (Å²) in [4.78, 5) is 16.2. The van der Waals surface area contributed by atoms with Gasteiger partial charge in [-0.25, -0.2) is 4.98 Å². The number of fused-ring (bicyclic) bond motifs is 1. The van der Waals surface area contributed by atoms with E-state index in [1.807, 2.05) is 31.5 Å². The average Bonchev–Trinajstić information content (AvgIpc) is 3.28. The van der Waals surface area contributed by atoms with Gasteiger partial charge in [-0.1, -0.05) is 30.3 Å². The lowest BCUT2D eigenvalue weighted by Crippen LogP contribution is -2.21. The Balaban J connectivity index is 1.60. The third-order valence-electron chi connectivity index (χ3n) is 5.29. The van der Waals surface area contributed by atoms with E-state index in [9.17, 15) is 4.79 Å². The topological polar surface area (TPSA) is 56.2 Å². The Morgan fingerprint density at radius 3 is 2.70 bits per heavy atom. The summed E-state index contributed by atoms with van der Waals surface area (Å²) in [5, 5.41) is 2.82. The highest BCUT2D eigenvalue weighted by Crippen LogP contribution is 2.41. The Morgan fingerprint density at radius 1 is 1.19 bits per heavy atom. The van der Waals surface area contributed by atoms with E-state index in [4.69, 9.17) is 4.74 Å². The van der Waals surface area contributed by atoms with Crippen LogP contribution in [0.4, 0.5) is 0 Å². The van der Waals surface area contributed by atoms with Crippen molar-refractivity contribution < 1.29 is 9.53 Å². The number of hydrogen-bond acceptors (Lipinski definition) is 3. The number of rotatable bonds is 5. The molecule has 5 rings (SSSR count). The number of carbonyl (C=O) groups excluding carboxylic acids is 1. The molecule has 1 atom stereocenters. The van der Waals surface area contributed by atoms with E-state index in [2.05, 4.69) is 39.1 Å². The number of aromatic nitrogens is 2. The van der Waals surface area contributed by atoms with Crippen molar-refractivity contribution in [1.29, 1.82) is 0 Å². The molecule has 5 nitrogen and oxygen atoms in total. The third-order valence-corrected chi connectivity index (χ3v) is 5.29. The van der Waals surface area contributed by atoms with Gasteiger partial charge in [0.15, 0.2) is 0 Å². The van der Waals surface area contributed by atoms with Gasteiger partial charge in [0.25, 0.3) is 0 Å². The minimum Gasteiger partial charge on any atom is -0.484 e. The summed E-state index contributed by atoms with van der Waals surface area (Å²) in [6.45, 7) is 2.54. The number of carbonyl (C=O) groups is 1. The summed E-state index contributed by atoms with van der Waals surface area (Å²) in [6, 6.07) is 15.0. The van der Waals surface area contributed by atoms with Crippen LogP contribution in [0.1, 0.15) is 25.8 Å². The number of nitrogens with one attached hydrogen (secondary N) is 1. The molecule has 2 heterocycles. The summed E-state index contributed by atoms with van der Waals surface area (Å²) < 4.78 is 8.61. The second-order valence-corrected chi connectivity index (χ2v) is 7.29. The Labute approximate surface area is 157 Å². The molecule has 1 saturated carbocycles. The van der Waals surface area contributed by atoms with Gasteiger partial charge in [-0.15, -0.1) is 0 Å². The van der Waals surface area contributed by atoms with Crippen molar-refractivity contribution in [2.45, 2.75) is 31.9 Å². The maximum Gasteiger partial charge on any atom is 0.244 e. The fourth-order valence-corrected chi connectivity index (χ4v) is 3.64. The monoisotopic (exact) mass is 359 g/mol. The van der Waals surface area contributed by atoms with E-state index in [0.29, 0.717) is 12.6 Å². The molecule has 0 radical (unpaired) electrons. The van der Waals surface area contributed by atoms with Crippen molar-refractivity contribution in [3.63, 3.8) is 0 Å². The summed E-state index contributed by atoms with van der Waals surface area (Å²) in [7, 11) is 0. The second-order valence-electron chi connectivity index (χ2n) is 7.29. The second kappa shape index (κ2) is 6.27. The van der Waals surface area contributed by atoms with Crippen LogP contribution in [-0.4, -0.2) is 28.1 Å². The van der Waals surface area contributed by atoms with Crippen LogP contribution in [0.2, 0.25) is 0 Å². The summed E-state index contributed by atoms with van der Waals surface area (Å²) >= 11 is 0. The largest absolute Gasteiger partial charge is 0.484 e. The number of imidazole rings is 1. The highest BCUT2D eigenvalue weighted by atomic mass is 16.5. The first-order valence-electron chi connectivity index (χ1n) is 9.40. The molecule has 2 aliphatic rings. The van der Waals surface area contributed by atoms with E-state index in [-0.39, 0.29) is 12.0 Å². The summed E-state index contributed by atoms with van der Waals surface area (Å²) in [5.74, 6) is 0.773. The zero-order chi connectivity index (χ0) is 18.4. The number of hydrogen-bond donors (Lipinski definition) is 1. The van der Waals surface area contributed by atoms with Crippen molar-refractivity contribution in [1.82, 2.24) is 14.9 Å². The number of ether oxygens (including phenoxy) is 1. The van der Waals surface area contributed by atoms with E-state index < -0.39 is 0 Å². The molecule has 1 aliphatic heterocycles. The Morgan fingerprint density at radius 2 is 2.00 bits per heavy atom. The lowest BCUT2D eigenvalue weighted by atomic mass is 10.0. The van der Waals surface area contributed by atoms with Crippen molar-refractivity contribution in [2.24, 2.45) is 0 Å². The van der Waals surface area contributed by atoms with Crippen LogP contribution in [0.5, 0.6) is 5.75 Å².